The largest absolute Gasteiger partial charge is 0.497 e. The van der Waals surface area contributed by atoms with Crippen molar-refractivity contribution in [2.24, 2.45) is 4.99 Å². The van der Waals surface area contributed by atoms with Crippen LogP contribution >= 0.6 is 22.7 Å². The Morgan fingerprint density at radius 1 is 1.07 bits per heavy atom. The Morgan fingerprint density at radius 3 is 2.43 bits per heavy atom. The summed E-state index contributed by atoms with van der Waals surface area (Å²) in [6.45, 7) is 9.92. The first-order valence-electron chi connectivity index (χ1n) is 14.8. The number of aryl methyl sites for hydroxylation is 2. The Morgan fingerprint density at radius 2 is 1.78 bits per heavy atom. The first kappa shape index (κ1) is 31.0. The molecular formula is C36H32N4O4S2. The molecular weight excluding hydrogens is 617 g/mol. The van der Waals surface area contributed by atoms with Crippen LogP contribution in [0.3, 0.4) is 0 Å². The number of hydrogen-bond donors (Lipinski definition) is 0. The number of rotatable bonds is 7. The van der Waals surface area contributed by atoms with Crippen molar-refractivity contribution >= 4 is 40.4 Å². The van der Waals surface area contributed by atoms with Gasteiger partial charge in [0.05, 0.1) is 41.1 Å². The van der Waals surface area contributed by atoms with Crippen LogP contribution in [-0.4, -0.2) is 28.8 Å². The van der Waals surface area contributed by atoms with Gasteiger partial charge >= 0.3 is 5.97 Å². The summed E-state index contributed by atoms with van der Waals surface area (Å²) in [7, 11) is 1.59. The van der Waals surface area contributed by atoms with Gasteiger partial charge in [0.2, 0.25) is 0 Å². The second kappa shape index (κ2) is 12.4. The van der Waals surface area contributed by atoms with Gasteiger partial charge in [-0.3, -0.25) is 9.36 Å². The van der Waals surface area contributed by atoms with Gasteiger partial charge in [-0.25, -0.2) is 9.79 Å². The van der Waals surface area contributed by atoms with Gasteiger partial charge in [-0.2, -0.15) is 5.26 Å². The molecule has 0 spiro atoms. The molecule has 0 N–H and O–H groups in total. The number of esters is 1. The van der Waals surface area contributed by atoms with E-state index in [0.29, 0.717) is 31.9 Å². The first-order valence-corrected chi connectivity index (χ1v) is 16.4. The minimum atomic E-state index is -0.777. The quantitative estimate of drug-likeness (QED) is 0.205. The summed E-state index contributed by atoms with van der Waals surface area (Å²) in [6.07, 6.45) is 1.88. The van der Waals surface area contributed by atoms with E-state index in [9.17, 15) is 14.9 Å². The molecule has 0 radical (unpaired) electrons. The SMILES string of the molecule is CCOC(=O)C1=C(c2ccccc2)N=c2s/c(=C/c3cc(C)n(-c4sc(C)c(C)c4C#N)c3C)c(=O)n2[C@H]1c1ccc(OC)cc1. The molecule has 0 aliphatic carbocycles. The van der Waals surface area contributed by atoms with E-state index in [-0.39, 0.29) is 12.2 Å². The van der Waals surface area contributed by atoms with E-state index in [1.54, 1.807) is 29.9 Å². The van der Waals surface area contributed by atoms with Crippen molar-refractivity contribution in [3.8, 4) is 16.8 Å². The molecule has 2 aromatic carbocycles. The molecule has 0 saturated heterocycles. The van der Waals surface area contributed by atoms with Crippen LogP contribution in [-0.2, 0) is 9.53 Å². The average Bonchev–Trinajstić information content (AvgIpc) is 3.64. The fourth-order valence-electron chi connectivity index (χ4n) is 5.83. The van der Waals surface area contributed by atoms with Crippen LogP contribution in [0.4, 0.5) is 0 Å². The second-order valence-corrected chi connectivity index (χ2v) is 13.2. The number of thiophene rings is 1. The normalized spacial score (nSPS) is 14.5. The van der Waals surface area contributed by atoms with Crippen molar-refractivity contribution in [1.82, 2.24) is 9.13 Å². The molecule has 46 heavy (non-hydrogen) atoms. The van der Waals surface area contributed by atoms with Gasteiger partial charge in [0, 0.05) is 21.8 Å². The Bertz CT molecular complexity index is 2240. The van der Waals surface area contributed by atoms with Crippen molar-refractivity contribution in [3.63, 3.8) is 0 Å². The zero-order valence-electron chi connectivity index (χ0n) is 26.4. The molecule has 5 aromatic rings. The number of nitrogens with zero attached hydrogens (tertiary/aromatic N) is 4. The summed E-state index contributed by atoms with van der Waals surface area (Å²) in [5.41, 5.74) is 6.37. The maximum atomic E-state index is 14.4. The fraction of sp³-hybridized carbons (Fsp3) is 0.222. The van der Waals surface area contributed by atoms with E-state index in [0.717, 1.165) is 43.5 Å². The Hall–Kier alpha value is -4.98. The summed E-state index contributed by atoms with van der Waals surface area (Å²) in [5, 5.41) is 10.8. The average molecular weight is 649 g/mol. The van der Waals surface area contributed by atoms with Gasteiger partial charge in [0.1, 0.15) is 16.8 Å². The van der Waals surface area contributed by atoms with E-state index in [1.165, 1.54) is 11.3 Å². The molecule has 1 atom stereocenters. The van der Waals surface area contributed by atoms with E-state index in [1.807, 2.05) is 94.4 Å². The standard InChI is InChI=1S/C36H32N4O4S2/c1-7-44-35(42)30-31(24-11-9-8-10-12-24)38-36-40(32(30)25-13-15-27(43-6)16-14-25)33(41)29(46-36)18-26-17-20(2)39(22(26)4)34-28(19-37)21(3)23(5)45-34/h8-18,32H,7H2,1-6H3/b29-18+/t32-/m0/s1. The molecule has 1 aliphatic heterocycles. The minimum absolute atomic E-state index is 0.177. The summed E-state index contributed by atoms with van der Waals surface area (Å²) in [4.78, 5) is 34.6. The summed E-state index contributed by atoms with van der Waals surface area (Å²) in [6, 6.07) is 20.5. The number of ether oxygens (including phenoxy) is 2. The monoisotopic (exact) mass is 648 g/mol. The maximum Gasteiger partial charge on any atom is 0.338 e. The first-order chi connectivity index (χ1) is 22.2. The van der Waals surface area contributed by atoms with E-state index in [4.69, 9.17) is 14.5 Å². The number of aromatic nitrogens is 2. The second-order valence-electron chi connectivity index (χ2n) is 10.9. The number of nitriles is 1. The van der Waals surface area contributed by atoms with Crippen LogP contribution < -0.4 is 19.6 Å². The van der Waals surface area contributed by atoms with Crippen molar-refractivity contribution in [1.29, 1.82) is 5.26 Å². The highest BCUT2D eigenvalue weighted by atomic mass is 32.1. The van der Waals surface area contributed by atoms with E-state index < -0.39 is 12.0 Å². The fourth-order valence-corrected chi connectivity index (χ4v) is 8.04. The lowest BCUT2D eigenvalue weighted by molar-refractivity contribution is -0.138. The molecule has 0 saturated carbocycles. The molecule has 0 fully saturated rings. The number of hydrogen-bond acceptors (Lipinski definition) is 8. The van der Waals surface area contributed by atoms with Gasteiger partial charge in [-0.1, -0.05) is 53.8 Å². The van der Waals surface area contributed by atoms with Crippen molar-refractivity contribution < 1.29 is 14.3 Å². The molecule has 0 bridgehead atoms. The van der Waals surface area contributed by atoms with Gasteiger partial charge in [0.25, 0.3) is 5.56 Å². The smallest absolute Gasteiger partial charge is 0.338 e. The highest BCUT2D eigenvalue weighted by Crippen LogP contribution is 2.36. The van der Waals surface area contributed by atoms with Crippen LogP contribution in [0.2, 0.25) is 0 Å². The van der Waals surface area contributed by atoms with Gasteiger partial charge in [0.15, 0.2) is 4.80 Å². The molecule has 6 rings (SSSR count). The van der Waals surface area contributed by atoms with Gasteiger partial charge in [-0.05, 0) is 75.6 Å². The van der Waals surface area contributed by atoms with E-state index in [2.05, 4.69) is 10.6 Å². The molecule has 10 heteroatoms. The summed E-state index contributed by atoms with van der Waals surface area (Å²) < 4.78 is 15.1. The number of fused-ring (bicyclic) bond motifs is 1. The Kier molecular flexibility index (Phi) is 8.38. The Balaban J connectivity index is 1.60. The molecule has 232 valence electrons. The third-order valence-corrected chi connectivity index (χ3v) is 10.4. The lowest BCUT2D eigenvalue weighted by Crippen LogP contribution is -2.40. The number of carbonyl (C=O) groups excluding carboxylic acids is 1. The van der Waals surface area contributed by atoms with Crippen LogP contribution in [0.5, 0.6) is 5.75 Å². The third-order valence-electron chi connectivity index (χ3n) is 8.24. The molecule has 4 heterocycles. The van der Waals surface area contributed by atoms with Crippen LogP contribution in [0.1, 0.15) is 57.0 Å². The lowest BCUT2D eigenvalue weighted by Gasteiger charge is -2.26. The maximum absolute atomic E-state index is 14.4. The zero-order valence-corrected chi connectivity index (χ0v) is 28.0. The van der Waals surface area contributed by atoms with Crippen LogP contribution in [0, 0.1) is 39.0 Å². The van der Waals surface area contributed by atoms with Crippen molar-refractivity contribution in [2.75, 3.05) is 13.7 Å². The molecule has 0 unspecified atom stereocenters. The van der Waals surface area contributed by atoms with E-state index >= 15 is 0 Å². The zero-order chi connectivity index (χ0) is 32.7. The van der Waals surface area contributed by atoms with Gasteiger partial charge in [-0.15, -0.1) is 11.3 Å². The molecule has 8 nitrogen and oxygen atoms in total. The summed E-state index contributed by atoms with van der Waals surface area (Å²) in [5.74, 6) is 0.130. The molecule has 3 aromatic heterocycles. The van der Waals surface area contributed by atoms with Gasteiger partial charge < -0.3 is 14.0 Å². The molecule has 1 aliphatic rings. The van der Waals surface area contributed by atoms with Crippen LogP contribution in [0.15, 0.2) is 76.0 Å². The number of methoxy groups -OCH3 is 1. The highest BCUT2D eigenvalue weighted by molar-refractivity contribution is 7.15. The predicted molar refractivity (Wildman–Crippen MR) is 181 cm³/mol. The number of thiazole rings is 1. The third kappa shape index (κ3) is 5.21. The number of carbonyl (C=O) groups is 1. The predicted octanol–water partition coefficient (Wildman–Crippen LogP) is 5.90. The topological polar surface area (TPSA) is 98.6 Å². The van der Waals surface area contributed by atoms with Crippen molar-refractivity contribution in [2.45, 2.75) is 40.7 Å². The minimum Gasteiger partial charge on any atom is -0.497 e. The molecule has 0 amide bonds. The van der Waals surface area contributed by atoms with Crippen molar-refractivity contribution in [3.05, 3.63) is 130 Å². The highest BCUT2D eigenvalue weighted by Gasteiger charge is 2.35. The summed E-state index contributed by atoms with van der Waals surface area (Å²) >= 11 is 2.87. The van der Waals surface area contributed by atoms with Crippen LogP contribution in [0.25, 0.3) is 16.8 Å². The Labute approximate surface area is 274 Å². The lowest BCUT2D eigenvalue weighted by atomic mass is 9.93. The number of benzene rings is 2.